The highest BCUT2D eigenvalue weighted by Gasteiger charge is 2.14. The maximum Gasteiger partial charge on any atom is 0.333 e. The number of carbonyl (C=O) groups is 1. The van der Waals surface area contributed by atoms with E-state index in [9.17, 15) is 4.79 Å². The SMILES string of the molecule is C=C(C(=O)OC)C(C)CCCCCCCCCCCCCCCCCCCCCC. The Balaban J connectivity index is 3.18. The Morgan fingerprint density at radius 3 is 1.23 bits per heavy atom. The van der Waals surface area contributed by atoms with E-state index in [4.69, 9.17) is 4.74 Å². The van der Waals surface area contributed by atoms with E-state index in [2.05, 4.69) is 20.4 Å². The molecule has 30 heavy (non-hydrogen) atoms. The molecule has 0 saturated heterocycles. The number of methoxy groups -OCH3 is 1. The molecule has 1 unspecified atom stereocenters. The van der Waals surface area contributed by atoms with Crippen LogP contribution in [0.4, 0.5) is 0 Å². The molecule has 0 heterocycles. The molecule has 0 aliphatic rings. The summed E-state index contributed by atoms with van der Waals surface area (Å²) < 4.78 is 4.74. The van der Waals surface area contributed by atoms with Crippen molar-refractivity contribution >= 4 is 5.97 Å². The summed E-state index contributed by atoms with van der Waals surface area (Å²) in [6.07, 6.45) is 29.2. The minimum atomic E-state index is -0.254. The maximum atomic E-state index is 11.4. The molecule has 0 aliphatic carbocycles. The van der Waals surface area contributed by atoms with Gasteiger partial charge >= 0.3 is 5.97 Å². The van der Waals surface area contributed by atoms with Crippen molar-refractivity contribution in [2.75, 3.05) is 7.11 Å². The molecule has 0 N–H and O–H groups in total. The van der Waals surface area contributed by atoms with Crippen LogP contribution < -0.4 is 0 Å². The molecule has 0 aliphatic heterocycles. The van der Waals surface area contributed by atoms with Crippen molar-refractivity contribution in [3.8, 4) is 0 Å². The molecule has 0 aromatic heterocycles. The van der Waals surface area contributed by atoms with Gasteiger partial charge in [-0.15, -0.1) is 0 Å². The first-order valence-corrected chi connectivity index (χ1v) is 13.4. The van der Waals surface area contributed by atoms with Crippen LogP contribution in [0.25, 0.3) is 0 Å². The molecule has 1 atom stereocenters. The van der Waals surface area contributed by atoms with Gasteiger partial charge in [0.1, 0.15) is 0 Å². The largest absolute Gasteiger partial charge is 0.466 e. The summed E-state index contributed by atoms with van der Waals surface area (Å²) in [7, 11) is 1.43. The summed E-state index contributed by atoms with van der Waals surface area (Å²) in [5.41, 5.74) is 0.621. The van der Waals surface area contributed by atoms with Gasteiger partial charge in [-0.1, -0.05) is 149 Å². The number of unbranched alkanes of at least 4 members (excludes halogenated alkanes) is 19. The number of hydrogen-bond acceptors (Lipinski definition) is 2. The fourth-order valence-corrected chi connectivity index (χ4v) is 4.21. The van der Waals surface area contributed by atoms with Crippen LogP contribution in [0, 0.1) is 5.92 Å². The minimum absolute atomic E-state index is 0.244. The second-order valence-corrected chi connectivity index (χ2v) is 9.42. The zero-order valence-corrected chi connectivity index (χ0v) is 21.0. The molecule has 0 bridgehead atoms. The monoisotopic (exact) mass is 422 g/mol. The highest BCUT2D eigenvalue weighted by Crippen LogP contribution is 2.19. The summed E-state index contributed by atoms with van der Waals surface area (Å²) >= 11 is 0. The molecule has 0 spiro atoms. The standard InChI is InChI=1S/C28H54O2/c1-5-6-7-8-9-10-11-12-13-14-15-16-17-18-19-20-21-22-23-24-25-26(2)27(3)28(29)30-4/h26H,3,5-25H2,1-2,4H3. The molecular weight excluding hydrogens is 368 g/mol. The number of carbonyl (C=O) groups excluding carboxylic acids is 1. The van der Waals surface area contributed by atoms with Crippen LogP contribution >= 0.6 is 0 Å². The van der Waals surface area contributed by atoms with Crippen LogP contribution in [-0.4, -0.2) is 13.1 Å². The van der Waals surface area contributed by atoms with Crippen molar-refractivity contribution in [2.45, 2.75) is 149 Å². The highest BCUT2D eigenvalue weighted by molar-refractivity contribution is 5.88. The van der Waals surface area contributed by atoms with E-state index in [0.717, 1.165) is 6.42 Å². The van der Waals surface area contributed by atoms with Crippen molar-refractivity contribution in [2.24, 2.45) is 5.92 Å². The Morgan fingerprint density at radius 2 is 0.933 bits per heavy atom. The van der Waals surface area contributed by atoms with Gasteiger partial charge in [-0.2, -0.15) is 0 Å². The second kappa shape index (κ2) is 22.9. The van der Waals surface area contributed by atoms with Crippen molar-refractivity contribution < 1.29 is 9.53 Å². The Hall–Kier alpha value is -0.790. The summed E-state index contributed by atoms with van der Waals surface area (Å²) in [6, 6.07) is 0. The molecule has 0 radical (unpaired) electrons. The fourth-order valence-electron chi connectivity index (χ4n) is 4.21. The summed E-state index contributed by atoms with van der Waals surface area (Å²) in [6.45, 7) is 8.22. The number of hydrogen-bond donors (Lipinski definition) is 0. The van der Waals surface area contributed by atoms with Crippen LogP contribution in [0.3, 0.4) is 0 Å². The van der Waals surface area contributed by atoms with Gasteiger partial charge in [-0.3, -0.25) is 0 Å². The smallest absolute Gasteiger partial charge is 0.333 e. The lowest BCUT2D eigenvalue weighted by molar-refractivity contribution is -0.136. The predicted molar refractivity (Wildman–Crippen MR) is 133 cm³/mol. The van der Waals surface area contributed by atoms with Gasteiger partial charge in [0.15, 0.2) is 0 Å². The Bertz CT molecular complexity index is 388. The minimum Gasteiger partial charge on any atom is -0.466 e. The van der Waals surface area contributed by atoms with Crippen LogP contribution in [-0.2, 0) is 9.53 Å². The van der Waals surface area contributed by atoms with Crippen LogP contribution in [0.5, 0.6) is 0 Å². The Labute approximate surface area is 189 Å². The van der Waals surface area contributed by atoms with Crippen molar-refractivity contribution in [1.82, 2.24) is 0 Å². The van der Waals surface area contributed by atoms with Crippen LogP contribution in [0.15, 0.2) is 12.2 Å². The van der Waals surface area contributed by atoms with E-state index in [1.165, 1.54) is 136 Å². The molecule has 2 heteroatoms. The Kier molecular flexibility index (Phi) is 22.3. The van der Waals surface area contributed by atoms with Gasteiger partial charge in [-0.05, 0) is 12.3 Å². The van der Waals surface area contributed by atoms with Crippen LogP contribution in [0.2, 0.25) is 0 Å². The van der Waals surface area contributed by atoms with Crippen LogP contribution in [0.1, 0.15) is 149 Å². The van der Waals surface area contributed by atoms with Gasteiger partial charge < -0.3 is 4.74 Å². The first kappa shape index (κ1) is 29.2. The number of rotatable bonds is 23. The number of ether oxygens (including phenoxy) is 1. The summed E-state index contributed by atoms with van der Waals surface area (Å²) in [4.78, 5) is 11.4. The normalized spacial score (nSPS) is 12.1. The third-order valence-electron chi connectivity index (χ3n) is 6.53. The zero-order chi connectivity index (χ0) is 22.3. The van der Waals surface area contributed by atoms with E-state index >= 15 is 0 Å². The first-order chi connectivity index (χ1) is 14.6. The van der Waals surface area contributed by atoms with Gasteiger partial charge in [0.25, 0.3) is 0 Å². The first-order valence-electron chi connectivity index (χ1n) is 13.4. The predicted octanol–water partition coefficient (Wildman–Crippen LogP) is 9.56. The van der Waals surface area contributed by atoms with Crippen molar-refractivity contribution in [3.63, 3.8) is 0 Å². The van der Waals surface area contributed by atoms with Gasteiger partial charge in [0.2, 0.25) is 0 Å². The fraction of sp³-hybridized carbons (Fsp3) is 0.893. The van der Waals surface area contributed by atoms with E-state index in [1.807, 2.05) is 0 Å². The number of esters is 1. The molecule has 178 valence electrons. The molecule has 0 rings (SSSR count). The topological polar surface area (TPSA) is 26.3 Å². The average Bonchev–Trinajstić information content (AvgIpc) is 2.76. The summed E-state index contributed by atoms with van der Waals surface area (Å²) in [5.74, 6) is -0.0105. The lowest BCUT2D eigenvalue weighted by atomic mass is 9.95. The molecule has 2 nitrogen and oxygen atoms in total. The molecular formula is C28H54O2. The van der Waals surface area contributed by atoms with Crippen molar-refractivity contribution in [1.29, 1.82) is 0 Å². The maximum absolute atomic E-state index is 11.4. The van der Waals surface area contributed by atoms with Gasteiger partial charge in [-0.25, -0.2) is 4.79 Å². The van der Waals surface area contributed by atoms with E-state index < -0.39 is 0 Å². The van der Waals surface area contributed by atoms with Gasteiger partial charge in [0.05, 0.1) is 7.11 Å². The van der Waals surface area contributed by atoms with E-state index in [0.29, 0.717) is 5.57 Å². The molecule has 0 fully saturated rings. The van der Waals surface area contributed by atoms with E-state index in [-0.39, 0.29) is 11.9 Å². The van der Waals surface area contributed by atoms with Gasteiger partial charge in [0, 0.05) is 5.57 Å². The molecule has 0 aromatic carbocycles. The quantitative estimate of drug-likeness (QED) is 0.0930. The molecule has 0 amide bonds. The average molecular weight is 423 g/mol. The summed E-state index contributed by atoms with van der Waals surface area (Å²) in [5, 5.41) is 0. The molecule has 0 aromatic rings. The Morgan fingerprint density at radius 1 is 0.633 bits per heavy atom. The second-order valence-electron chi connectivity index (χ2n) is 9.42. The third-order valence-corrected chi connectivity index (χ3v) is 6.53. The lowest BCUT2D eigenvalue weighted by Crippen LogP contribution is -2.11. The highest BCUT2D eigenvalue weighted by atomic mass is 16.5. The lowest BCUT2D eigenvalue weighted by Gasteiger charge is -2.12. The zero-order valence-electron chi connectivity index (χ0n) is 21.0. The van der Waals surface area contributed by atoms with E-state index in [1.54, 1.807) is 0 Å². The molecule has 0 saturated carbocycles. The van der Waals surface area contributed by atoms with Crippen molar-refractivity contribution in [3.05, 3.63) is 12.2 Å². The third kappa shape index (κ3) is 19.2.